The molecular weight excluding hydrogens is 262 g/mol. The van der Waals surface area contributed by atoms with Crippen LogP contribution in [0.1, 0.15) is 40.0 Å². The molecule has 2 saturated heterocycles. The summed E-state index contributed by atoms with van der Waals surface area (Å²) in [5.41, 5.74) is 0.178. The van der Waals surface area contributed by atoms with Crippen molar-refractivity contribution in [1.82, 2.24) is 5.32 Å². The molecule has 0 radical (unpaired) electrons. The summed E-state index contributed by atoms with van der Waals surface area (Å²) in [4.78, 5) is 0. The normalized spacial score (nSPS) is 30.4. The molecule has 1 N–H and O–H groups in total. The largest absolute Gasteiger partial charge is 0.381 e. The standard InChI is InChI=1S/C14H27NO3S/c1-13(2,3)15-11-14(5-7-18-8-6-14)12-4-9-19(16,17)10-12/h12,15H,4-11H2,1-3H3. The van der Waals surface area contributed by atoms with Gasteiger partial charge in [-0.2, -0.15) is 0 Å². The van der Waals surface area contributed by atoms with E-state index in [-0.39, 0.29) is 11.0 Å². The summed E-state index contributed by atoms with van der Waals surface area (Å²) in [5.74, 6) is 1.05. The van der Waals surface area contributed by atoms with E-state index in [2.05, 4.69) is 26.1 Å². The lowest BCUT2D eigenvalue weighted by Gasteiger charge is -2.43. The summed E-state index contributed by atoms with van der Waals surface area (Å²) in [6, 6.07) is 0. The van der Waals surface area contributed by atoms with E-state index in [0.29, 0.717) is 17.4 Å². The molecule has 112 valence electrons. The molecule has 2 fully saturated rings. The van der Waals surface area contributed by atoms with Gasteiger partial charge in [0.2, 0.25) is 0 Å². The van der Waals surface area contributed by atoms with Gasteiger partial charge in [0.1, 0.15) is 0 Å². The van der Waals surface area contributed by atoms with Crippen molar-refractivity contribution in [2.24, 2.45) is 11.3 Å². The zero-order valence-electron chi connectivity index (χ0n) is 12.4. The second kappa shape index (κ2) is 5.34. The van der Waals surface area contributed by atoms with E-state index in [1.165, 1.54) is 0 Å². The van der Waals surface area contributed by atoms with Crippen molar-refractivity contribution in [3.63, 3.8) is 0 Å². The maximum atomic E-state index is 11.8. The first-order valence-corrected chi connectivity index (χ1v) is 9.08. The van der Waals surface area contributed by atoms with Gasteiger partial charge in [0.15, 0.2) is 9.84 Å². The van der Waals surface area contributed by atoms with Gasteiger partial charge in [-0.25, -0.2) is 8.42 Å². The lowest BCUT2D eigenvalue weighted by atomic mass is 9.69. The van der Waals surface area contributed by atoms with Crippen molar-refractivity contribution in [1.29, 1.82) is 0 Å². The van der Waals surface area contributed by atoms with E-state index in [1.807, 2.05) is 0 Å². The first kappa shape index (κ1) is 15.3. The summed E-state index contributed by atoms with van der Waals surface area (Å²) in [6.45, 7) is 8.91. The Morgan fingerprint density at radius 1 is 1.26 bits per heavy atom. The van der Waals surface area contributed by atoms with Gasteiger partial charge in [0.05, 0.1) is 11.5 Å². The van der Waals surface area contributed by atoms with Crippen LogP contribution in [0.25, 0.3) is 0 Å². The molecule has 1 unspecified atom stereocenters. The predicted molar refractivity (Wildman–Crippen MR) is 77.0 cm³/mol. The summed E-state index contributed by atoms with van der Waals surface area (Å²) >= 11 is 0. The van der Waals surface area contributed by atoms with Crippen LogP contribution in [0, 0.1) is 11.3 Å². The van der Waals surface area contributed by atoms with E-state index < -0.39 is 9.84 Å². The number of hydrogen-bond acceptors (Lipinski definition) is 4. The van der Waals surface area contributed by atoms with Crippen molar-refractivity contribution < 1.29 is 13.2 Å². The number of hydrogen-bond donors (Lipinski definition) is 1. The lowest BCUT2D eigenvalue weighted by Crippen LogP contribution is -2.49. The van der Waals surface area contributed by atoms with E-state index in [0.717, 1.165) is 39.0 Å². The smallest absolute Gasteiger partial charge is 0.150 e. The quantitative estimate of drug-likeness (QED) is 0.857. The van der Waals surface area contributed by atoms with Crippen LogP contribution in [0.15, 0.2) is 0 Å². The Balaban J connectivity index is 2.11. The maximum absolute atomic E-state index is 11.8. The van der Waals surface area contributed by atoms with Crippen LogP contribution >= 0.6 is 0 Å². The topological polar surface area (TPSA) is 55.4 Å². The fraction of sp³-hybridized carbons (Fsp3) is 1.00. The number of ether oxygens (including phenoxy) is 1. The number of sulfone groups is 1. The Bertz CT molecular complexity index is 405. The van der Waals surface area contributed by atoms with E-state index in [1.54, 1.807) is 0 Å². The molecule has 0 saturated carbocycles. The van der Waals surface area contributed by atoms with Crippen LogP contribution in [-0.4, -0.2) is 45.2 Å². The van der Waals surface area contributed by atoms with E-state index >= 15 is 0 Å². The van der Waals surface area contributed by atoms with E-state index in [4.69, 9.17) is 4.74 Å². The molecule has 0 aromatic heterocycles. The Morgan fingerprint density at radius 3 is 2.37 bits per heavy atom. The minimum atomic E-state index is -2.81. The monoisotopic (exact) mass is 289 g/mol. The van der Waals surface area contributed by atoms with Gasteiger partial charge in [-0.3, -0.25) is 0 Å². The second-order valence-corrected chi connectivity index (χ2v) is 9.41. The van der Waals surface area contributed by atoms with Gasteiger partial charge in [-0.1, -0.05) is 0 Å². The van der Waals surface area contributed by atoms with Crippen LogP contribution in [0.2, 0.25) is 0 Å². The van der Waals surface area contributed by atoms with Crippen LogP contribution in [0.5, 0.6) is 0 Å². The van der Waals surface area contributed by atoms with Crippen LogP contribution in [0.3, 0.4) is 0 Å². The van der Waals surface area contributed by atoms with Gasteiger partial charge < -0.3 is 10.1 Å². The second-order valence-electron chi connectivity index (χ2n) is 7.18. The zero-order chi connectivity index (χ0) is 14.1. The molecule has 1 atom stereocenters. The zero-order valence-corrected chi connectivity index (χ0v) is 13.2. The Kier molecular flexibility index (Phi) is 4.29. The Hall–Kier alpha value is -0.130. The molecule has 0 spiro atoms. The fourth-order valence-electron chi connectivity index (χ4n) is 3.23. The molecule has 2 heterocycles. The van der Waals surface area contributed by atoms with Crippen molar-refractivity contribution in [2.75, 3.05) is 31.3 Å². The minimum Gasteiger partial charge on any atom is -0.381 e. The third-order valence-electron chi connectivity index (χ3n) is 4.56. The molecule has 5 heteroatoms. The van der Waals surface area contributed by atoms with Crippen LogP contribution < -0.4 is 5.32 Å². The number of nitrogens with one attached hydrogen (secondary N) is 1. The minimum absolute atomic E-state index is 0.0722. The molecule has 0 amide bonds. The molecule has 2 aliphatic heterocycles. The van der Waals surface area contributed by atoms with Crippen molar-refractivity contribution in [3.8, 4) is 0 Å². The molecular formula is C14H27NO3S. The third-order valence-corrected chi connectivity index (χ3v) is 6.33. The highest BCUT2D eigenvalue weighted by atomic mass is 32.2. The molecule has 19 heavy (non-hydrogen) atoms. The highest BCUT2D eigenvalue weighted by Crippen LogP contribution is 2.43. The van der Waals surface area contributed by atoms with Crippen molar-refractivity contribution >= 4 is 9.84 Å². The average molecular weight is 289 g/mol. The highest BCUT2D eigenvalue weighted by Gasteiger charge is 2.45. The molecule has 0 aliphatic carbocycles. The van der Waals surface area contributed by atoms with Gasteiger partial charge in [0, 0.05) is 25.3 Å². The van der Waals surface area contributed by atoms with Gasteiger partial charge in [0.25, 0.3) is 0 Å². The maximum Gasteiger partial charge on any atom is 0.150 e. The predicted octanol–water partition coefficient (Wildman–Crippen LogP) is 1.61. The van der Waals surface area contributed by atoms with Crippen LogP contribution in [-0.2, 0) is 14.6 Å². The summed E-state index contributed by atoms with van der Waals surface area (Å²) < 4.78 is 29.0. The molecule has 2 aliphatic rings. The molecule has 0 aromatic carbocycles. The SMILES string of the molecule is CC(C)(C)NCC1(C2CCS(=O)(=O)C2)CCOCC1. The van der Waals surface area contributed by atoms with E-state index in [9.17, 15) is 8.42 Å². The van der Waals surface area contributed by atoms with Gasteiger partial charge in [-0.05, 0) is 51.4 Å². The third kappa shape index (κ3) is 3.92. The van der Waals surface area contributed by atoms with Crippen molar-refractivity contribution in [3.05, 3.63) is 0 Å². The molecule has 0 aromatic rings. The first-order valence-electron chi connectivity index (χ1n) is 7.26. The first-order chi connectivity index (χ1) is 8.73. The fourth-order valence-corrected chi connectivity index (χ4v) is 5.17. The Labute approximate surface area is 117 Å². The lowest BCUT2D eigenvalue weighted by molar-refractivity contribution is -0.0152. The summed E-state index contributed by atoms with van der Waals surface area (Å²) in [6.07, 6.45) is 2.79. The summed E-state index contributed by atoms with van der Waals surface area (Å²) in [7, 11) is -2.81. The van der Waals surface area contributed by atoms with Crippen LogP contribution in [0.4, 0.5) is 0 Å². The van der Waals surface area contributed by atoms with Gasteiger partial charge >= 0.3 is 0 Å². The highest BCUT2D eigenvalue weighted by molar-refractivity contribution is 7.91. The van der Waals surface area contributed by atoms with Crippen molar-refractivity contribution in [2.45, 2.75) is 45.6 Å². The summed E-state index contributed by atoms with van der Waals surface area (Å²) in [5, 5.41) is 3.59. The average Bonchev–Trinajstić information content (AvgIpc) is 2.68. The van der Waals surface area contributed by atoms with Gasteiger partial charge in [-0.15, -0.1) is 0 Å². The molecule has 0 bridgehead atoms. The molecule has 4 nitrogen and oxygen atoms in total. The molecule has 2 rings (SSSR count). The number of rotatable bonds is 3. The Morgan fingerprint density at radius 2 is 1.89 bits per heavy atom.